The average Bonchev–Trinajstić information content (AvgIpc) is 2.68. The molecule has 2 heterocycles. The first-order valence-corrected chi connectivity index (χ1v) is 8.91. The van der Waals surface area contributed by atoms with Crippen molar-refractivity contribution in [3.63, 3.8) is 0 Å². The highest BCUT2D eigenvalue weighted by atomic mass is 16.2. The highest BCUT2D eigenvalue weighted by Crippen LogP contribution is 2.13. The molecule has 0 saturated carbocycles. The highest BCUT2D eigenvalue weighted by Gasteiger charge is 2.21. The van der Waals surface area contributed by atoms with E-state index < -0.39 is 0 Å². The minimum absolute atomic E-state index is 0.0452. The molecule has 3 rings (SSSR count). The van der Waals surface area contributed by atoms with E-state index in [1.807, 2.05) is 35.4 Å². The van der Waals surface area contributed by atoms with Gasteiger partial charge < -0.3 is 10.2 Å². The van der Waals surface area contributed by atoms with E-state index in [1.54, 1.807) is 6.20 Å². The van der Waals surface area contributed by atoms with E-state index >= 15 is 0 Å². The standard InChI is InChI=1S/C20H26N4O/c1-17(19-7-3-2-4-8-19)14-22-20(25)24-12-10-23(11-13-24)16-18-6-5-9-21-15-18/h2-9,15,17H,10-14,16H2,1H3,(H,22,25). The van der Waals surface area contributed by atoms with Crippen LogP contribution in [0.3, 0.4) is 0 Å². The molecule has 1 aliphatic heterocycles. The first-order valence-electron chi connectivity index (χ1n) is 8.91. The van der Waals surface area contributed by atoms with Gasteiger partial charge in [0.25, 0.3) is 0 Å². The number of hydrogen-bond acceptors (Lipinski definition) is 3. The summed E-state index contributed by atoms with van der Waals surface area (Å²) in [7, 11) is 0. The number of nitrogens with zero attached hydrogens (tertiary/aromatic N) is 3. The maximum Gasteiger partial charge on any atom is 0.317 e. The zero-order chi connectivity index (χ0) is 17.5. The molecule has 1 aromatic carbocycles. The lowest BCUT2D eigenvalue weighted by Crippen LogP contribution is -2.51. The molecule has 0 radical (unpaired) electrons. The van der Waals surface area contributed by atoms with Gasteiger partial charge in [-0.2, -0.15) is 0 Å². The van der Waals surface area contributed by atoms with Gasteiger partial charge in [0.15, 0.2) is 0 Å². The number of benzene rings is 1. The van der Waals surface area contributed by atoms with Crippen molar-refractivity contribution in [2.75, 3.05) is 32.7 Å². The summed E-state index contributed by atoms with van der Waals surface area (Å²) >= 11 is 0. The lowest BCUT2D eigenvalue weighted by Gasteiger charge is -2.34. The molecule has 1 fully saturated rings. The van der Waals surface area contributed by atoms with Crippen LogP contribution in [-0.4, -0.2) is 53.5 Å². The second-order valence-corrected chi connectivity index (χ2v) is 6.62. The minimum Gasteiger partial charge on any atom is -0.337 e. The number of amides is 2. The zero-order valence-corrected chi connectivity index (χ0v) is 14.8. The molecule has 1 aromatic heterocycles. The quantitative estimate of drug-likeness (QED) is 0.912. The zero-order valence-electron chi connectivity index (χ0n) is 14.8. The van der Waals surface area contributed by atoms with Crippen LogP contribution in [0.15, 0.2) is 54.9 Å². The molecule has 1 N–H and O–H groups in total. The van der Waals surface area contributed by atoms with Crippen molar-refractivity contribution in [2.24, 2.45) is 0 Å². The summed E-state index contributed by atoms with van der Waals surface area (Å²) in [6.45, 7) is 7.04. The number of piperazine rings is 1. The molecule has 1 saturated heterocycles. The number of aromatic nitrogens is 1. The molecule has 2 aromatic rings. The lowest BCUT2D eigenvalue weighted by atomic mass is 10.0. The summed E-state index contributed by atoms with van der Waals surface area (Å²) in [6.07, 6.45) is 3.70. The summed E-state index contributed by atoms with van der Waals surface area (Å²) in [4.78, 5) is 20.8. The molecular formula is C20H26N4O. The molecule has 0 aliphatic carbocycles. The Hall–Kier alpha value is -2.40. The monoisotopic (exact) mass is 338 g/mol. The van der Waals surface area contributed by atoms with E-state index in [9.17, 15) is 4.79 Å². The van der Waals surface area contributed by atoms with Crippen LogP contribution in [0.5, 0.6) is 0 Å². The Bertz CT molecular complexity index is 654. The van der Waals surface area contributed by atoms with Crippen LogP contribution in [0.1, 0.15) is 24.0 Å². The summed E-state index contributed by atoms with van der Waals surface area (Å²) in [5.41, 5.74) is 2.47. The maximum atomic E-state index is 12.4. The van der Waals surface area contributed by atoms with Gasteiger partial charge in [0.2, 0.25) is 0 Å². The van der Waals surface area contributed by atoms with Gasteiger partial charge in [0.1, 0.15) is 0 Å². The molecule has 1 atom stereocenters. The van der Waals surface area contributed by atoms with Crippen LogP contribution in [0.25, 0.3) is 0 Å². The third-order valence-electron chi connectivity index (χ3n) is 4.72. The van der Waals surface area contributed by atoms with Crippen molar-refractivity contribution in [1.29, 1.82) is 0 Å². The predicted octanol–water partition coefficient (Wildman–Crippen LogP) is 2.71. The SMILES string of the molecule is CC(CNC(=O)N1CCN(Cc2cccnc2)CC1)c1ccccc1. The van der Waals surface area contributed by atoms with Crippen molar-refractivity contribution in [3.8, 4) is 0 Å². The highest BCUT2D eigenvalue weighted by molar-refractivity contribution is 5.74. The molecule has 132 valence electrons. The summed E-state index contributed by atoms with van der Waals surface area (Å²) < 4.78 is 0. The van der Waals surface area contributed by atoms with Crippen LogP contribution in [-0.2, 0) is 6.54 Å². The molecule has 1 unspecified atom stereocenters. The van der Waals surface area contributed by atoms with Gasteiger partial charge in [0.05, 0.1) is 0 Å². The Kier molecular flexibility index (Phi) is 6.01. The Morgan fingerprint density at radius 2 is 1.88 bits per heavy atom. The van der Waals surface area contributed by atoms with Crippen molar-refractivity contribution in [3.05, 3.63) is 66.0 Å². The molecule has 5 heteroatoms. The second kappa shape index (κ2) is 8.62. The van der Waals surface area contributed by atoms with Crippen molar-refractivity contribution in [2.45, 2.75) is 19.4 Å². The number of rotatable bonds is 5. The molecule has 0 spiro atoms. The summed E-state index contributed by atoms with van der Waals surface area (Å²) in [5.74, 6) is 0.317. The summed E-state index contributed by atoms with van der Waals surface area (Å²) in [5, 5.41) is 3.07. The number of nitrogens with one attached hydrogen (secondary N) is 1. The molecule has 1 aliphatic rings. The third-order valence-corrected chi connectivity index (χ3v) is 4.72. The Balaban J connectivity index is 1.41. The van der Waals surface area contributed by atoms with E-state index in [0.717, 1.165) is 32.7 Å². The van der Waals surface area contributed by atoms with Crippen LogP contribution in [0.4, 0.5) is 4.79 Å². The number of pyridine rings is 1. The lowest BCUT2D eigenvalue weighted by molar-refractivity contribution is 0.135. The Labute approximate surface area is 149 Å². The van der Waals surface area contributed by atoms with Crippen LogP contribution in [0.2, 0.25) is 0 Å². The number of carbonyl (C=O) groups excluding carboxylic acids is 1. The van der Waals surface area contributed by atoms with E-state index in [4.69, 9.17) is 0 Å². The fraction of sp³-hybridized carbons (Fsp3) is 0.400. The summed E-state index contributed by atoms with van der Waals surface area (Å²) in [6, 6.07) is 14.4. The topological polar surface area (TPSA) is 48.5 Å². The largest absolute Gasteiger partial charge is 0.337 e. The predicted molar refractivity (Wildman–Crippen MR) is 99.3 cm³/mol. The van der Waals surface area contributed by atoms with Crippen molar-refractivity contribution in [1.82, 2.24) is 20.1 Å². The second-order valence-electron chi connectivity index (χ2n) is 6.62. The van der Waals surface area contributed by atoms with Crippen molar-refractivity contribution < 1.29 is 4.79 Å². The Morgan fingerprint density at radius 3 is 2.56 bits per heavy atom. The van der Waals surface area contributed by atoms with Crippen LogP contribution < -0.4 is 5.32 Å². The van der Waals surface area contributed by atoms with Gasteiger partial charge in [-0.05, 0) is 23.1 Å². The van der Waals surface area contributed by atoms with Gasteiger partial charge in [-0.1, -0.05) is 43.3 Å². The molecular weight excluding hydrogens is 312 g/mol. The fourth-order valence-corrected chi connectivity index (χ4v) is 3.11. The van der Waals surface area contributed by atoms with Gasteiger partial charge in [-0.25, -0.2) is 4.79 Å². The third kappa shape index (κ3) is 5.03. The maximum absolute atomic E-state index is 12.4. The number of carbonyl (C=O) groups is 1. The van der Waals surface area contributed by atoms with Gasteiger partial charge in [0, 0.05) is 51.7 Å². The number of urea groups is 1. The first-order chi connectivity index (χ1) is 12.2. The Morgan fingerprint density at radius 1 is 1.12 bits per heavy atom. The minimum atomic E-state index is 0.0452. The molecule has 2 amide bonds. The van der Waals surface area contributed by atoms with Gasteiger partial charge in [-0.3, -0.25) is 9.88 Å². The van der Waals surface area contributed by atoms with E-state index in [-0.39, 0.29) is 6.03 Å². The normalized spacial score (nSPS) is 16.4. The van der Waals surface area contributed by atoms with E-state index in [1.165, 1.54) is 11.1 Å². The van der Waals surface area contributed by atoms with Gasteiger partial charge in [-0.15, -0.1) is 0 Å². The van der Waals surface area contributed by atoms with E-state index in [0.29, 0.717) is 12.5 Å². The molecule has 0 bridgehead atoms. The first kappa shape index (κ1) is 17.4. The molecule has 5 nitrogen and oxygen atoms in total. The smallest absolute Gasteiger partial charge is 0.317 e. The fourth-order valence-electron chi connectivity index (χ4n) is 3.11. The molecule has 25 heavy (non-hydrogen) atoms. The van der Waals surface area contributed by atoms with Crippen LogP contribution in [0, 0.1) is 0 Å². The average molecular weight is 338 g/mol. The van der Waals surface area contributed by atoms with Crippen LogP contribution >= 0.6 is 0 Å². The van der Waals surface area contributed by atoms with E-state index in [2.05, 4.69) is 40.3 Å². The van der Waals surface area contributed by atoms with Crippen molar-refractivity contribution >= 4 is 6.03 Å². The number of hydrogen-bond donors (Lipinski definition) is 1. The van der Waals surface area contributed by atoms with Gasteiger partial charge >= 0.3 is 6.03 Å².